The van der Waals surface area contributed by atoms with Gasteiger partial charge in [0.25, 0.3) is 11.8 Å². The predicted octanol–water partition coefficient (Wildman–Crippen LogP) is 2.92. The summed E-state index contributed by atoms with van der Waals surface area (Å²) in [5.41, 5.74) is 4.26. The van der Waals surface area contributed by atoms with Gasteiger partial charge in [0.15, 0.2) is 12.2 Å². The molecule has 2 heterocycles. The van der Waals surface area contributed by atoms with Crippen molar-refractivity contribution in [3.63, 3.8) is 0 Å². The number of fused-ring (bicyclic) bond motifs is 1. The zero-order chi connectivity index (χ0) is 23.4. The Bertz CT molecular complexity index is 1150. The van der Waals surface area contributed by atoms with Crippen molar-refractivity contribution in [3.05, 3.63) is 92.1 Å². The van der Waals surface area contributed by atoms with E-state index in [1.165, 1.54) is 21.8 Å². The minimum Gasteiger partial charge on any atom is -0.380 e. The third-order valence-corrected chi connectivity index (χ3v) is 7.11. The number of amides is 2. The summed E-state index contributed by atoms with van der Waals surface area (Å²) in [6.07, 6.45) is -2.29. The lowest BCUT2D eigenvalue weighted by atomic mass is 9.99. The van der Waals surface area contributed by atoms with Crippen LogP contribution in [0.3, 0.4) is 0 Å². The van der Waals surface area contributed by atoms with Crippen molar-refractivity contribution < 1.29 is 19.8 Å². The quantitative estimate of drug-likeness (QED) is 0.481. The fraction of sp³-hybridized carbons (Fsp3) is 0.280. The molecule has 0 bridgehead atoms. The maximum atomic E-state index is 12.7. The molecular weight excluding hydrogens is 460 g/mol. The van der Waals surface area contributed by atoms with Gasteiger partial charge in [0.1, 0.15) is 0 Å². The zero-order valence-electron chi connectivity index (χ0n) is 17.9. The van der Waals surface area contributed by atoms with E-state index in [0.717, 1.165) is 21.6 Å². The Balaban J connectivity index is 1.29. The van der Waals surface area contributed by atoms with Crippen LogP contribution in [0.25, 0.3) is 0 Å². The lowest BCUT2D eigenvalue weighted by Gasteiger charge is -2.31. The number of hydrogen-bond acceptors (Lipinski definition) is 5. The van der Waals surface area contributed by atoms with Gasteiger partial charge in [0, 0.05) is 23.0 Å². The molecule has 4 rings (SSSR count). The molecule has 172 valence electrons. The Morgan fingerprint density at radius 1 is 1.06 bits per heavy atom. The van der Waals surface area contributed by atoms with Gasteiger partial charge in [-0.15, -0.1) is 11.3 Å². The number of carbonyl (C=O) groups is 2. The molecule has 1 aliphatic heterocycles. The summed E-state index contributed by atoms with van der Waals surface area (Å²) in [5, 5.41) is 25.9. The first kappa shape index (κ1) is 23.4. The molecule has 2 amide bonds. The minimum absolute atomic E-state index is 0.196. The highest BCUT2D eigenvalue weighted by molar-refractivity contribution is 7.10. The van der Waals surface area contributed by atoms with Crippen molar-refractivity contribution in [3.8, 4) is 0 Å². The number of nitrogens with one attached hydrogen (secondary N) is 1. The average molecular weight is 485 g/mol. The molecule has 0 unspecified atom stereocenters. The molecule has 1 aliphatic rings. The molecule has 0 saturated carbocycles. The first-order valence-electron chi connectivity index (χ1n) is 10.7. The van der Waals surface area contributed by atoms with Crippen LogP contribution in [0, 0.1) is 0 Å². The molecule has 3 N–H and O–H groups in total. The van der Waals surface area contributed by atoms with Gasteiger partial charge in [-0.05, 0) is 52.6 Å². The maximum absolute atomic E-state index is 12.7. The monoisotopic (exact) mass is 484 g/mol. The van der Waals surface area contributed by atoms with Crippen molar-refractivity contribution in [2.75, 3.05) is 6.54 Å². The molecule has 2 atom stereocenters. The summed E-state index contributed by atoms with van der Waals surface area (Å²) < 4.78 is 0. The molecule has 8 heteroatoms. The number of rotatable bonds is 7. The van der Waals surface area contributed by atoms with Gasteiger partial charge in [0.2, 0.25) is 0 Å². The van der Waals surface area contributed by atoms with Crippen LogP contribution in [0.1, 0.15) is 27.1 Å². The number of halogens is 1. The number of hydrogen-bond donors (Lipinski definition) is 3. The van der Waals surface area contributed by atoms with Crippen molar-refractivity contribution in [2.24, 2.45) is 0 Å². The molecule has 2 aromatic carbocycles. The van der Waals surface area contributed by atoms with E-state index in [2.05, 4.69) is 5.32 Å². The highest BCUT2D eigenvalue weighted by Gasteiger charge is 2.34. The number of benzene rings is 2. The fourth-order valence-electron chi connectivity index (χ4n) is 3.90. The van der Waals surface area contributed by atoms with Gasteiger partial charge in [-0.1, -0.05) is 54.1 Å². The van der Waals surface area contributed by atoms with Crippen molar-refractivity contribution in [1.82, 2.24) is 10.2 Å². The van der Waals surface area contributed by atoms with E-state index < -0.39 is 24.0 Å². The number of carbonyl (C=O) groups excluding carboxylic acids is 2. The second-order valence-corrected chi connectivity index (χ2v) is 9.48. The highest BCUT2D eigenvalue weighted by Crippen LogP contribution is 2.23. The minimum atomic E-state index is -1.84. The van der Waals surface area contributed by atoms with Gasteiger partial charge in [-0.25, -0.2) is 0 Å². The van der Waals surface area contributed by atoms with Crippen molar-refractivity contribution in [2.45, 2.75) is 38.1 Å². The van der Waals surface area contributed by atoms with Crippen LogP contribution < -0.4 is 5.32 Å². The van der Waals surface area contributed by atoms with Crippen LogP contribution in [0.4, 0.5) is 0 Å². The highest BCUT2D eigenvalue weighted by atomic mass is 35.5. The average Bonchev–Trinajstić information content (AvgIpc) is 3.29. The number of aliphatic hydroxyl groups is 2. The smallest absolute Gasteiger partial charge is 0.255 e. The van der Waals surface area contributed by atoms with Gasteiger partial charge >= 0.3 is 0 Å². The zero-order valence-corrected chi connectivity index (χ0v) is 19.5. The first-order chi connectivity index (χ1) is 15.9. The number of aliphatic hydroxyl groups excluding tert-OH is 2. The number of thiophene rings is 1. The summed E-state index contributed by atoms with van der Waals surface area (Å²) in [7, 11) is 0. The molecule has 0 spiro atoms. The van der Waals surface area contributed by atoms with Crippen LogP contribution in [-0.2, 0) is 35.5 Å². The third kappa shape index (κ3) is 5.62. The Morgan fingerprint density at radius 2 is 1.79 bits per heavy atom. The summed E-state index contributed by atoms with van der Waals surface area (Å²) in [6, 6.07) is 17.4. The largest absolute Gasteiger partial charge is 0.380 e. The van der Waals surface area contributed by atoms with Gasteiger partial charge in [-0.2, -0.15) is 0 Å². The van der Waals surface area contributed by atoms with Crippen LogP contribution in [0.2, 0.25) is 5.02 Å². The van der Waals surface area contributed by atoms with E-state index in [4.69, 9.17) is 11.6 Å². The molecule has 1 aromatic heterocycles. The molecular formula is C25H25ClN2O4S. The van der Waals surface area contributed by atoms with E-state index >= 15 is 0 Å². The standard InChI is InChI=1S/C25H25ClN2O4S/c26-21-8-4-3-6-18(21)11-16-12-20(33-15-16)13-27-24(31)22(29)23(30)25(32)28-10-9-17-5-1-2-7-19(17)14-28/h1-8,12,15,22-23,29-30H,9-11,13-14H2,(H,27,31)/t22-,23-/m1/s1. The first-order valence-corrected chi connectivity index (χ1v) is 12.0. The van der Waals surface area contributed by atoms with Gasteiger partial charge in [0.05, 0.1) is 6.54 Å². The van der Waals surface area contributed by atoms with Crippen molar-refractivity contribution >= 4 is 34.8 Å². The Labute approximate surface area is 201 Å². The summed E-state index contributed by atoms with van der Waals surface area (Å²) >= 11 is 7.70. The second kappa shape index (κ2) is 10.5. The van der Waals surface area contributed by atoms with Crippen molar-refractivity contribution in [1.29, 1.82) is 0 Å². The molecule has 0 aliphatic carbocycles. The molecule has 0 fully saturated rings. The topological polar surface area (TPSA) is 89.9 Å². The lowest BCUT2D eigenvalue weighted by Crippen LogP contribution is -2.51. The maximum Gasteiger partial charge on any atom is 0.255 e. The molecule has 33 heavy (non-hydrogen) atoms. The summed E-state index contributed by atoms with van der Waals surface area (Å²) in [4.78, 5) is 27.4. The van der Waals surface area contributed by atoms with E-state index in [1.54, 1.807) is 0 Å². The second-order valence-electron chi connectivity index (χ2n) is 8.08. The van der Waals surface area contributed by atoms with Crippen LogP contribution in [-0.4, -0.2) is 45.7 Å². The van der Waals surface area contributed by atoms with Gasteiger partial charge in [-0.3, -0.25) is 9.59 Å². The lowest BCUT2D eigenvalue weighted by molar-refractivity contribution is -0.153. The van der Waals surface area contributed by atoms with Crippen LogP contribution in [0.5, 0.6) is 0 Å². The molecule has 6 nitrogen and oxygen atoms in total. The summed E-state index contributed by atoms with van der Waals surface area (Å²) in [5.74, 6) is -1.43. The molecule has 3 aromatic rings. The van der Waals surface area contributed by atoms with E-state index in [0.29, 0.717) is 31.0 Å². The Hall–Kier alpha value is -2.71. The Morgan fingerprint density at radius 3 is 2.58 bits per heavy atom. The van der Waals surface area contributed by atoms with Crippen LogP contribution >= 0.6 is 22.9 Å². The number of nitrogens with zero attached hydrogens (tertiary/aromatic N) is 1. The molecule has 0 saturated heterocycles. The normalized spacial score (nSPS) is 14.9. The fourth-order valence-corrected chi connectivity index (χ4v) is 4.93. The van der Waals surface area contributed by atoms with E-state index in [-0.39, 0.29) is 6.54 Å². The van der Waals surface area contributed by atoms with E-state index in [1.807, 2.05) is 60.0 Å². The van der Waals surface area contributed by atoms with Gasteiger partial charge < -0.3 is 20.4 Å². The Kier molecular flexibility index (Phi) is 7.45. The third-order valence-electron chi connectivity index (χ3n) is 5.76. The molecule has 0 radical (unpaired) electrons. The predicted molar refractivity (Wildman–Crippen MR) is 128 cm³/mol. The summed E-state index contributed by atoms with van der Waals surface area (Å²) in [6.45, 7) is 0.982. The van der Waals surface area contributed by atoms with Crippen LogP contribution in [0.15, 0.2) is 60.0 Å². The van der Waals surface area contributed by atoms with E-state index in [9.17, 15) is 19.8 Å². The SMILES string of the molecule is O=C(NCc1cc(Cc2ccccc2Cl)cs1)[C@H](O)[C@@H](O)C(=O)N1CCc2ccccc2C1.